The van der Waals surface area contributed by atoms with Crippen LogP contribution in [0, 0.1) is 0 Å². The summed E-state index contributed by atoms with van der Waals surface area (Å²) < 4.78 is 14.2. The summed E-state index contributed by atoms with van der Waals surface area (Å²) in [7, 11) is 0. The van der Waals surface area contributed by atoms with Gasteiger partial charge in [-0.2, -0.15) is 0 Å². The number of carbonyl (C=O) groups excluding carboxylic acids is 1. The summed E-state index contributed by atoms with van der Waals surface area (Å²) in [5.74, 6) is 0.759. The van der Waals surface area contributed by atoms with E-state index in [0.29, 0.717) is 6.61 Å². The molecule has 1 aliphatic heterocycles. The van der Waals surface area contributed by atoms with Gasteiger partial charge >= 0.3 is 5.97 Å². The second kappa shape index (κ2) is 7.45. The SMILES string of the molecule is CC(=O)OCCCc1nc2cc(Br)ccc2n1C1CCCCO1. The number of nitrogens with zero attached hydrogens (tertiary/aromatic N) is 2. The fourth-order valence-corrected chi connectivity index (χ4v) is 3.34. The molecule has 0 N–H and O–H groups in total. The summed E-state index contributed by atoms with van der Waals surface area (Å²) in [5.41, 5.74) is 2.07. The first-order valence-corrected chi connectivity index (χ1v) is 8.86. The van der Waals surface area contributed by atoms with Gasteiger partial charge in [0, 0.05) is 24.4 Å². The number of ether oxygens (including phenoxy) is 2. The third-order valence-corrected chi connectivity index (χ3v) is 4.51. The van der Waals surface area contributed by atoms with E-state index in [-0.39, 0.29) is 12.2 Å². The van der Waals surface area contributed by atoms with E-state index in [9.17, 15) is 4.79 Å². The number of aryl methyl sites for hydroxylation is 1. The first-order valence-electron chi connectivity index (χ1n) is 8.06. The molecule has 1 unspecified atom stereocenters. The van der Waals surface area contributed by atoms with Crippen molar-refractivity contribution in [3.8, 4) is 0 Å². The van der Waals surface area contributed by atoms with E-state index in [1.165, 1.54) is 13.3 Å². The van der Waals surface area contributed by atoms with Crippen molar-refractivity contribution in [1.82, 2.24) is 9.55 Å². The van der Waals surface area contributed by atoms with E-state index in [1.807, 2.05) is 12.1 Å². The van der Waals surface area contributed by atoms with Gasteiger partial charge in [0.1, 0.15) is 12.1 Å². The van der Waals surface area contributed by atoms with Gasteiger partial charge in [-0.1, -0.05) is 15.9 Å². The third-order valence-electron chi connectivity index (χ3n) is 4.02. The van der Waals surface area contributed by atoms with E-state index in [2.05, 4.69) is 26.6 Å². The van der Waals surface area contributed by atoms with Crippen LogP contribution in [0.1, 0.15) is 44.7 Å². The Bertz CT molecular complexity index is 692. The standard InChI is InChI=1S/C17H21BrN2O3/c1-12(21)22-10-4-5-16-19-14-11-13(18)7-8-15(14)20(16)17-6-2-3-9-23-17/h7-8,11,17H,2-6,9-10H2,1H3. The van der Waals surface area contributed by atoms with Crippen LogP contribution < -0.4 is 0 Å². The van der Waals surface area contributed by atoms with Gasteiger partial charge in [-0.05, 0) is 43.9 Å². The monoisotopic (exact) mass is 380 g/mol. The highest BCUT2D eigenvalue weighted by Gasteiger charge is 2.21. The van der Waals surface area contributed by atoms with Gasteiger partial charge in [0.15, 0.2) is 0 Å². The zero-order valence-electron chi connectivity index (χ0n) is 13.3. The summed E-state index contributed by atoms with van der Waals surface area (Å²) in [5, 5.41) is 0. The van der Waals surface area contributed by atoms with Crippen LogP contribution in [0.4, 0.5) is 0 Å². The Kier molecular flexibility index (Phi) is 5.33. The maximum Gasteiger partial charge on any atom is 0.302 e. The quantitative estimate of drug-likeness (QED) is 0.581. The minimum atomic E-state index is -0.238. The first-order chi connectivity index (χ1) is 11.1. The molecule has 1 aliphatic rings. The molecule has 1 fully saturated rings. The predicted octanol–water partition coefficient (Wildman–Crippen LogP) is 3.99. The molecule has 1 aromatic carbocycles. The fraction of sp³-hybridized carbons (Fsp3) is 0.529. The van der Waals surface area contributed by atoms with Crippen molar-refractivity contribution in [2.45, 2.75) is 45.3 Å². The highest BCUT2D eigenvalue weighted by molar-refractivity contribution is 9.10. The molecule has 1 atom stereocenters. The summed E-state index contributed by atoms with van der Waals surface area (Å²) in [4.78, 5) is 15.7. The molecule has 5 nitrogen and oxygen atoms in total. The number of rotatable bonds is 5. The Labute approximate surface area is 144 Å². The van der Waals surface area contributed by atoms with Crippen molar-refractivity contribution in [3.63, 3.8) is 0 Å². The molecule has 23 heavy (non-hydrogen) atoms. The van der Waals surface area contributed by atoms with Crippen molar-refractivity contribution < 1.29 is 14.3 Å². The molecule has 0 radical (unpaired) electrons. The van der Waals surface area contributed by atoms with E-state index < -0.39 is 0 Å². The van der Waals surface area contributed by atoms with E-state index >= 15 is 0 Å². The average Bonchev–Trinajstić information content (AvgIpc) is 2.89. The van der Waals surface area contributed by atoms with E-state index in [0.717, 1.165) is 53.6 Å². The molecule has 3 rings (SSSR count). The lowest BCUT2D eigenvalue weighted by Gasteiger charge is -2.26. The van der Waals surface area contributed by atoms with Crippen molar-refractivity contribution in [1.29, 1.82) is 0 Å². The molecule has 0 amide bonds. The first kappa shape index (κ1) is 16.5. The van der Waals surface area contributed by atoms with Gasteiger partial charge in [-0.25, -0.2) is 4.98 Å². The number of hydrogen-bond acceptors (Lipinski definition) is 4. The number of hydrogen-bond donors (Lipinski definition) is 0. The van der Waals surface area contributed by atoms with Crippen molar-refractivity contribution in [2.75, 3.05) is 13.2 Å². The molecule has 1 aromatic heterocycles. The number of esters is 1. The highest BCUT2D eigenvalue weighted by Crippen LogP contribution is 2.30. The van der Waals surface area contributed by atoms with Gasteiger partial charge in [-0.3, -0.25) is 4.79 Å². The number of fused-ring (bicyclic) bond motifs is 1. The fourth-order valence-electron chi connectivity index (χ4n) is 2.99. The van der Waals surface area contributed by atoms with Crippen LogP contribution in [-0.4, -0.2) is 28.7 Å². The lowest BCUT2D eigenvalue weighted by atomic mass is 10.1. The Morgan fingerprint density at radius 1 is 1.48 bits per heavy atom. The van der Waals surface area contributed by atoms with Crippen LogP contribution >= 0.6 is 15.9 Å². The zero-order chi connectivity index (χ0) is 16.2. The maximum atomic E-state index is 10.9. The Balaban J connectivity index is 1.86. The lowest BCUT2D eigenvalue weighted by Crippen LogP contribution is -2.20. The minimum Gasteiger partial charge on any atom is -0.466 e. The van der Waals surface area contributed by atoms with Crippen molar-refractivity contribution in [3.05, 3.63) is 28.5 Å². The van der Waals surface area contributed by atoms with Gasteiger partial charge in [-0.15, -0.1) is 0 Å². The molecule has 6 heteroatoms. The Hall–Kier alpha value is -1.40. The van der Waals surface area contributed by atoms with Crippen LogP contribution in [0.15, 0.2) is 22.7 Å². The van der Waals surface area contributed by atoms with Crippen LogP contribution in [0.2, 0.25) is 0 Å². The molecule has 0 saturated carbocycles. The normalized spacial score (nSPS) is 18.3. The molecule has 1 saturated heterocycles. The Morgan fingerprint density at radius 3 is 3.09 bits per heavy atom. The minimum absolute atomic E-state index is 0.0543. The molecule has 2 heterocycles. The van der Waals surface area contributed by atoms with E-state index in [1.54, 1.807) is 0 Å². The van der Waals surface area contributed by atoms with Gasteiger partial charge in [0.25, 0.3) is 0 Å². The number of carbonyl (C=O) groups is 1. The molecule has 0 bridgehead atoms. The molecular weight excluding hydrogens is 360 g/mol. The van der Waals surface area contributed by atoms with Crippen LogP contribution in [0.3, 0.4) is 0 Å². The van der Waals surface area contributed by atoms with Crippen LogP contribution in [0.25, 0.3) is 11.0 Å². The second-order valence-corrected chi connectivity index (χ2v) is 6.71. The largest absolute Gasteiger partial charge is 0.466 e. The van der Waals surface area contributed by atoms with Gasteiger partial charge < -0.3 is 14.0 Å². The summed E-state index contributed by atoms with van der Waals surface area (Å²) in [6, 6.07) is 6.15. The summed E-state index contributed by atoms with van der Waals surface area (Å²) in [6.07, 6.45) is 4.89. The number of imidazole rings is 1. The molecule has 0 spiro atoms. The second-order valence-electron chi connectivity index (χ2n) is 5.80. The highest BCUT2D eigenvalue weighted by atomic mass is 79.9. The number of aromatic nitrogens is 2. The molecule has 0 aliphatic carbocycles. The lowest BCUT2D eigenvalue weighted by molar-refractivity contribution is -0.141. The maximum absolute atomic E-state index is 10.9. The van der Waals surface area contributed by atoms with Crippen LogP contribution in [-0.2, 0) is 20.7 Å². The zero-order valence-corrected chi connectivity index (χ0v) is 14.8. The average molecular weight is 381 g/mol. The predicted molar refractivity (Wildman–Crippen MR) is 91.2 cm³/mol. The topological polar surface area (TPSA) is 53.3 Å². The van der Waals surface area contributed by atoms with E-state index in [4.69, 9.17) is 14.5 Å². The van der Waals surface area contributed by atoms with Crippen molar-refractivity contribution in [2.24, 2.45) is 0 Å². The van der Waals surface area contributed by atoms with Crippen molar-refractivity contribution >= 4 is 32.9 Å². The summed E-state index contributed by atoms with van der Waals surface area (Å²) in [6.45, 7) is 2.66. The smallest absolute Gasteiger partial charge is 0.302 e. The van der Waals surface area contributed by atoms with Crippen LogP contribution in [0.5, 0.6) is 0 Å². The molecule has 2 aromatic rings. The molecule has 124 valence electrons. The molecular formula is C17H21BrN2O3. The third kappa shape index (κ3) is 3.93. The summed E-state index contributed by atoms with van der Waals surface area (Å²) >= 11 is 3.50. The van der Waals surface area contributed by atoms with Gasteiger partial charge in [0.05, 0.1) is 17.6 Å². The van der Waals surface area contributed by atoms with Gasteiger partial charge in [0.2, 0.25) is 0 Å². The number of halogens is 1. The Morgan fingerprint density at radius 2 is 2.35 bits per heavy atom. The number of benzene rings is 1.